The van der Waals surface area contributed by atoms with Crippen molar-refractivity contribution in [1.82, 2.24) is 9.97 Å². The van der Waals surface area contributed by atoms with Crippen molar-refractivity contribution >= 4 is 15.8 Å². The lowest BCUT2D eigenvalue weighted by atomic mass is 10.4. The first-order chi connectivity index (χ1) is 5.91. The Balaban J connectivity index is 3.16. The summed E-state index contributed by atoms with van der Waals surface area (Å²) in [6, 6.07) is 0. The van der Waals surface area contributed by atoms with E-state index >= 15 is 0 Å². The van der Waals surface area contributed by atoms with Gasteiger partial charge in [-0.3, -0.25) is 0 Å². The Morgan fingerprint density at radius 3 is 2.15 bits per heavy atom. The number of carboxylic acids is 1. The molecule has 13 heavy (non-hydrogen) atoms. The zero-order valence-corrected chi connectivity index (χ0v) is 7.45. The van der Waals surface area contributed by atoms with Crippen molar-refractivity contribution < 1.29 is 18.3 Å². The van der Waals surface area contributed by atoms with E-state index in [1.807, 2.05) is 0 Å². The lowest BCUT2D eigenvalue weighted by Crippen LogP contribution is -2.06. The summed E-state index contributed by atoms with van der Waals surface area (Å²) < 4.78 is 21.7. The van der Waals surface area contributed by atoms with Crippen molar-refractivity contribution in [3.8, 4) is 0 Å². The van der Waals surface area contributed by atoms with Crippen LogP contribution in [0.15, 0.2) is 17.6 Å². The number of sulfone groups is 1. The summed E-state index contributed by atoms with van der Waals surface area (Å²) in [6.07, 6.45) is 2.85. The van der Waals surface area contributed by atoms with Gasteiger partial charge < -0.3 is 5.11 Å². The molecule has 0 amide bonds. The van der Waals surface area contributed by atoms with Crippen LogP contribution in [0.1, 0.15) is 10.4 Å². The summed E-state index contributed by atoms with van der Waals surface area (Å²) in [4.78, 5) is 17.1. The predicted octanol–water partition coefficient (Wildman–Crippen LogP) is -0.422. The van der Waals surface area contributed by atoms with Crippen molar-refractivity contribution in [2.24, 2.45) is 0 Å². The summed E-state index contributed by atoms with van der Waals surface area (Å²) in [5.41, 5.74) is -0.146. The Labute approximate surface area is 74.2 Å². The van der Waals surface area contributed by atoms with Gasteiger partial charge in [-0.15, -0.1) is 0 Å². The van der Waals surface area contributed by atoms with E-state index in [0.29, 0.717) is 0 Å². The molecule has 0 aliphatic heterocycles. The topological polar surface area (TPSA) is 97.2 Å². The molecule has 7 heteroatoms. The summed E-state index contributed by atoms with van der Waals surface area (Å²) in [5.74, 6) is -1.19. The van der Waals surface area contributed by atoms with Gasteiger partial charge >= 0.3 is 5.97 Å². The highest BCUT2D eigenvalue weighted by Crippen LogP contribution is 2.01. The Hall–Kier alpha value is -1.50. The van der Waals surface area contributed by atoms with E-state index in [4.69, 9.17) is 5.11 Å². The molecule has 0 fully saturated rings. The monoisotopic (exact) mass is 202 g/mol. The third-order valence-electron chi connectivity index (χ3n) is 1.21. The summed E-state index contributed by atoms with van der Waals surface area (Å²) in [7, 11) is -3.46. The minimum Gasteiger partial charge on any atom is -0.478 e. The fraction of sp³-hybridized carbons (Fsp3) is 0.167. The minimum absolute atomic E-state index is 0.146. The molecular formula is C6H6N2O4S. The quantitative estimate of drug-likeness (QED) is 0.654. The second-order valence-corrected chi connectivity index (χ2v) is 4.24. The molecule has 0 saturated heterocycles. The van der Waals surface area contributed by atoms with Gasteiger partial charge in [0.15, 0.2) is 0 Å². The number of hydrogen-bond donors (Lipinski definition) is 1. The normalized spacial score (nSPS) is 11.2. The van der Waals surface area contributed by atoms with E-state index in [1.54, 1.807) is 0 Å². The van der Waals surface area contributed by atoms with Gasteiger partial charge in [0, 0.05) is 18.6 Å². The number of nitrogens with zero attached hydrogens (tertiary/aromatic N) is 2. The molecule has 0 spiro atoms. The van der Waals surface area contributed by atoms with Crippen LogP contribution in [-0.4, -0.2) is 35.7 Å². The molecule has 6 nitrogen and oxygen atoms in total. The average Bonchev–Trinajstić information content (AvgIpc) is 2.03. The van der Waals surface area contributed by atoms with E-state index < -0.39 is 15.8 Å². The molecule has 1 rings (SSSR count). The van der Waals surface area contributed by atoms with E-state index in [1.165, 1.54) is 0 Å². The van der Waals surface area contributed by atoms with Crippen molar-refractivity contribution in [3.05, 3.63) is 18.0 Å². The fourth-order valence-corrected chi connectivity index (χ4v) is 1.11. The molecule has 0 aliphatic carbocycles. The number of rotatable bonds is 2. The lowest BCUT2D eigenvalue weighted by molar-refractivity contribution is 0.0695. The molecule has 1 heterocycles. The Morgan fingerprint density at radius 2 is 1.85 bits per heavy atom. The van der Waals surface area contributed by atoms with Gasteiger partial charge in [-0.2, -0.15) is 0 Å². The van der Waals surface area contributed by atoms with Crippen LogP contribution < -0.4 is 0 Å². The highest BCUT2D eigenvalue weighted by molar-refractivity contribution is 7.90. The molecule has 1 aromatic heterocycles. The van der Waals surface area contributed by atoms with E-state index in [9.17, 15) is 13.2 Å². The predicted molar refractivity (Wildman–Crippen MR) is 42.1 cm³/mol. The summed E-state index contributed by atoms with van der Waals surface area (Å²) in [6.45, 7) is 0. The van der Waals surface area contributed by atoms with Crippen LogP contribution in [0.25, 0.3) is 0 Å². The van der Waals surface area contributed by atoms with E-state index in [0.717, 1.165) is 18.6 Å². The Morgan fingerprint density at radius 1 is 1.38 bits per heavy atom. The Kier molecular flexibility index (Phi) is 2.28. The molecular weight excluding hydrogens is 196 g/mol. The molecule has 70 valence electrons. The maximum absolute atomic E-state index is 10.8. The highest BCUT2D eigenvalue weighted by Gasteiger charge is 2.11. The second-order valence-electron chi connectivity index (χ2n) is 2.33. The Bertz CT molecular complexity index is 422. The number of carbonyl (C=O) groups is 1. The smallest absolute Gasteiger partial charge is 0.338 e. The van der Waals surface area contributed by atoms with E-state index in [2.05, 4.69) is 9.97 Å². The van der Waals surface area contributed by atoms with Gasteiger partial charge in [0.25, 0.3) is 0 Å². The molecule has 1 N–H and O–H groups in total. The van der Waals surface area contributed by atoms with Crippen LogP contribution in [0.4, 0.5) is 0 Å². The third kappa shape index (κ3) is 2.22. The number of carboxylic acid groups (broad SMARTS) is 1. The minimum atomic E-state index is -3.46. The van der Waals surface area contributed by atoms with Crippen molar-refractivity contribution in [3.63, 3.8) is 0 Å². The number of aromatic nitrogens is 2. The van der Waals surface area contributed by atoms with Gasteiger partial charge in [-0.25, -0.2) is 23.2 Å². The largest absolute Gasteiger partial charge is 0.478 e. The fourth-order valence-electron chi connectivity index (χ4n) is 0.618. The van der Waals surface area contributed by atoms with Gasteiger partial charge in [-0.1, -0.05) is 0 Å². The maximum atomic E-state index is 10.8. The maximum Gasteiger partial charge on any atom is 0.338 e. The standard InChI is InChI=1S/C6H6N2O4S/c1-13(11,12)6-7-2-4(3-8-6)5(9)10/h2-3H,1H3,(H,9,10). The third-order valence-corrected chi connectivity index (χ3v) is 2.08. The van der Waals surface area contributed by atoms with Crippen LogP contribution >= 0.6 is 0 Å². The molecule has 0 saturated carbocycles. The zero-order valence-electron chi connectivity index (χ0n) is 6.63. The van der Waals surface area contributed by atoms with E-state index in [-0.39, 0.29) is 10.7 Å². The highest BCUT2D eigenvalue weighted by atomic mass is 32.2. The molecule has 1 aromatic rings. The van der Waals surface area contributed by atoms with Gasteiger partial charge in [-0.05, 0) is 0 Å². The van der Waals surface area contributed by atoms with Crippen LogP contribution in [0, 0.1) is 0 Å². The summed E-state index contributed by atoms with van der Waals surface area (Å²) in [5, 5.41) is 8.07. The summed E-state index contributed by atoms with van der Waals surface area (Å²) >= 11 is 0. The van der Waals surface area contributed by atoms with Crippen LogP contribution in [0.3, 0.4) is 0 Å². The first-order valence-electron chi connectivity index (χ1n) is 3.16. The molecule has 0 aromatic carbocycles. The van der Waals surface area contributed by atoms with Gasteiger partial charge in [0.2, 0.25) is 15.0 Å². The molecule has 0 unspecified atom stereocenters. The van der Waals surface area contributed by atoms with Crippen molar-refractivity contribution in [1.29, 1.82) is 0 Å². The van der Waals surface area contributed by atoms with Crippen LogP contribution in [0.5, 0.6) is 0 Å². The van der Waals surface area contributed by atoms with Crippen LogP contribution in [-0.2, 0) is 9.84 Å². The lowest BCUT2D eigenvalue weighted by Gasteiger charge is -1.95. The van der Waals surface area contributed by atoms with Crippen molar-refractivity contribution in [2.45, 2.75) is 5.16 Å². The van der Waals surface area contributed by atoms with Gasteiger partial charge in [0.05, 0.1) is 5.56 Å². The second kappa shape index (κ2) is 3.09. The average molecular weight is 202 g/mol. The van der Waals surface area contributed by atoms with Crippen molar-refractivity contribution in [2.75, 3.05) is 6.26 Å². The van der Waals surface area contributed by atoms with Gasteiger partial charge in [0.1, 0.15) is 0 Å². The molecule has 0 bridgehead atoms. The first-order valence-corrected chi connectivity index (χ1v) is 5.06. The zero-order chi connectivity index (χ0) is 10.1. The molecule has 0 atom stereocenters. The number of hydrogen-bond acceptors (Lipinski definition) is 5. The SMILES string of the molecule is CS(=O)(=O)c1ncc(C(=O)O)cn1. The first kappa shape index (κ1) is 9.59. The number of aromatic carboxylic acids is 1. The molecule has 0 radical (unpaired) electrons. The molecule has 0 aliphatic rings. The van der Waals surface area contributed by atoms with Crippen LogP contribution in [0.2, 0.25) is 0 Å².